The monoisotopic (exact) mass is 846 g/mol. The normalized spacial score (nSPS) is 17.0. The number of carbonyl (C=O) groups is 5. The number of phenolic OH excluding ortho intramolecular Hbond substituents is 1. The predicted molar refractivity (Wildman–Crippen MR) is 231 cm³/mol. The highest BCUT2D eigenvalue weighted by molar-refractivity contribution is 6.00. The molecule has 0 aliphatic carbocycles. The van der Waals surface area contributed by atoms with Gasteiger partial charge in [-0.15, -0.1) is 0 Å². The van der Waals surface area contributed by atoms with Gasteiger partial charge in [0.05, 0.1) is 17.3 Å². The first-order chi connectivity index (χ1) is 29.5. The van der Waals surface area contributed by atoms with Gasteiger partial charge in [-0.05, 0) is 73.2 Å². The van der Waals surface area contributed by atoms with Crippen molar-refractivity contribution in [2.24, 2.45) is 11.5 Å². The Morgan fingerprint density at radius 2 is 1.74 bits per heavy atom. The summed E-state index contributed by atoms with van der Waals surface area (Å²) in [7, 11) is 1.38. The molecule has 9 N–H and O–H groups in total. The summed E-state index contributed by atoms with van der Waals surface area (Å²) in [6.07, 6.45) is 1.36. The number of nitrogens with one attached hydrogen (secondary N) is 4. The number of hydrogen-bond donors (Lipinski definition) is 7. The van der Waals surface area contributed by atoms with Crippen LogP contribution in [-0.2, 0) is 31.0 Å². The lowest BCUT2D eigenvalue weighted by molar-refractivity contribution is -0.141. The fourth-order valence-corrected chi connectivity index (χ4v) is 7.03. The third-order valence-corrected chi connectivity index (χ3v) is 10.5. The van der Waals surface area contributed by atoms with Crippen molar-refractivity contribution in [3.63, 3.8) is 0 Å². The molecule has 326 valence electrons. The van der Waals surface area contributed by atoms with Gasteiger partial charge >= 0.3 is 0 Å². The molecule has 17 nitrogen and oxygen atoms in total. The summed E-state index contributed by atoms with van der Waals surface area (Å²) in [5.74, 6) is -2.90. The summed E-state index contributed by atoms with van der Waals surface area (Å²) in [6, 6.07) is 14.0. The van der Waals surface area contributed by atoms with Gasteiger partial charge < -0.3 is 47.5 Å². The van der Waals surface area contributed by atoms with Crippen molar-refractivity contribution in [2.45, 2.75) is 77.0 Å². The standard InChI is InChI=1S/C45H54N10O7/c1-25-33(24-50-39(51-25)28-8-11-30(12-9-28)45(3,4)5)41(58)53-34(15-16-46)44(61)55(6)38-29-10-13-36(56)31(23-29)32-21-27(7-14-37(32)62-20-18-48)22-35(42(59)49-19-17-47)54-40(57)26(2)52-43(38)60/h7-14,21,23-24,26,34-35,38,56H,15-16,18-20,22,46,48H2,1-6H3,(H,49,59)(H,52,60)(H,53,58)(H,54,57)/t26-,34-,35-,38-/m0/s1. The van der Waals surface area contributed by atoms with Crippen LogP contribution >= 0.6 is 0 Å². The second kappa shape index (κ2) is 20.1. The van der Waals surface area contributed by atoms with Crippen molar-refractivity contribution in [3.8, 4) is 40.1 Å². The minimum absolute atomic E-state index is 0.00797. The van der Waals surface area contributed by atoms with E-state index < -0.39 is 53.7 Å². The summed E-state index contributed by atoms with van der Waals surface area (Å²) in [4.78, 5) is 79.6. The van der Waals surface area contributed by atoms with Gasteiger partial charge in [-0.2, -0.15) is 5.26 Å². The zero-order valence-corrected chi connectivity index (χ0v) is 35.7. The van der Waals surface area contributed by atoms with Gasteiger partial charge in [0.2, 0.25) is 23.6 Å². The van der Waals surface area contributed by atoms with E-state index in [-0.39, 0.29) is 66.9 Å². The molecule has 4 atom stereocenters. The number of likely N-dealkylation sites (N-methyl/N-ethyl adjacent to an activating group) is 1. The number of rotatable bonds is 12. The summed E-state index contributed by atoms with van der Waals surface area (Å²) in [5, 5.41) is 30.9. The Morgan fingerprint density at radius 1 is 1.02 bits per heavy atom. The van der Waals surface area contributed by atoms with Crippen molar-refractivity contribution < 1.29 is 33.8 Å². The van der Waals surface area contributed by atoms with E-state index in [1.165, 1.54) is 38.4 Å². The van der Waals surface area contributed by atoms with E-state index in [2.05, 4.69) is 52.0 Å². The highest BCUT2D eigenvalue weighted by atomic mass is 16.5. The quantitative estimate of drug-likeness (QED) is 0.101. The van der Waals surface area contributed by atoms with Crippen molar-refractivity contribution >= 4 is 29.5 Å². The maximum atomic E-state index is 14.5. The molecule has 1 aliphatic rings. The molecule has 17 heteroatoms. The van der Waals surface area contributed by atoms with Crippen LogP contribution in [0.25, 0.3) is 22.5 Å². The number of carbonyl (C=O) groups excluding carboxylic acids is 5. The first kappa shape index (κ1) is 46.2. The zero-order valence-electron chi connectivity index (χ0n) is 35.7. The molecule has 0 spiro atoms. The molecule has 5 rings (SSSR count). The van der Waals surface area contributed by atoms with E-state index in [9.17, 15) is 29.1 Å². The van der Waals surface area contributed by atoms with Crippen LogP contribution in [0.4, 0.5) is 0 Å². The van der Waals surface area contributed by atoms with Crippen LogP contribution in [0.2, 0.25) is 0 Å². The lowest BCUT2D eigenvalue weighted by atomic mass is 9.87. The molecule has 2 heterocycles. The smallest absolute Gasteiger partial charge is 0.255 e. The number of aryl methyl sites for hydroxylation is 1. The van der Waals surface area contributed by atoms with Gasteiger partial charge in [0, 0.05) is 42.9 Å². The second-order valence-electron chi connectivity index (χ2n) is 16.1. The molecule has 4 aromatic rings. The molecule has 1 aliphatic heterocycles. The van der Waals surface area contributed by atoms with Crippen LogP contribution in [0.5, 0.6) is 11.5 Å². The van der Waals surface area contributed by atoms with Gasteiger partial charge in [0.1, 0.15) is 48.8 Å². The number of hydrogen-bond acceptors (Lipinski definition) is 12. The van der Waals surface area contributed by atoms with E-state index >= 15 is 0 Å². The molecule has 0 saturated carbocycles. The Balaban J connectivity index is 1.51. The number of nitrogens with zero attached hydrogens (tertiary/aromatic N) is 4. The number of aromatic nitrogens is 2. The number of nitriles is 1. The van der Waals surface area contributed by atoms with Crippen molar-refractivity contribution in [3.05, 3.63) is 94.8 Å². The van der Waals surface area contributed by atoms with Crippen LogP contribution in [0.15, 0.2) is 66.9 Å². The minimum atomic E-state index is -1.43. The lowest BCUT2D eigenvalue weighted by Crippen LogP contribution is -2.56. The van der Waals surface area contributed by atoms with Gasteiger partial charge in [-0.1, -0.05) is 57.2 Å². The highest BCUT2D eigenvalue weighted by Gasteiger charge is 2.36. The van der Waals surface area contributed by atoms with Crippen molar-refractivity contribution in [1.29, 1.82) is 5.26 Å². The molecule has 0 saturated heterocycles. The van der Waals surface area contributed by atoms with Crippen LogP contribution in [0.3, 0.4) is 0 Å². The summed E-state index contributed by atoms with van der Waals surface area (Å²) < 4.78 is 5.94. The molecular weight excluding hydrogens is 793 g/mol. The fourth-order valence-electron chi connectivity index (χ4n) is 7.03. The van der Waals surface area contributed by atoms with E-state index in [1.54, 1.807) is 25.1 Å². The van der Waals surface area contributed by atoms with Gasteiger partial charge in [0.15, 0.2) is 5.82 Å². The Hall–Kier alpha value is -6.90. The van der Waals surface area contributed by atoms with Crippen LogP contribution in [-0.4, -0.2) is 101 Å². The van der Waals surface area contributed by atoms with Crippen LogP contribution in [0.1, 0.15) is 72.9 Å². The fraction of sp³-hybridized carbons (Fsp3) is 0.378. The van der Waals surface area contributed by atoms with E-state index in [0.717, 1.165) is 16.0 Å². The number of amides is 5. The Labute approximate surface area is 360 Å². The molecule has 5 amide bonds. The predicted octanol–water partition coefficient (Wildman–Crippen LogP) is 2.29. The van der Waals surface area contributed by atoms with Crippen molar-refractivity contribution in [1.82, 2.24) is 36.1 Å². The Bertz CT molecular complexity index is 2360. The second-order valence-corrected chi connectivity index (χ2v) is 16.1. The van der Waals surface area contributed by atoms with Crippen molar-refractivity contribution in [2.75, 3.05) is 33.3 Å². The third-order valence-electron chi connectivity index (χ3n) is 10.5. The first-order valence-corrected chi connectivity index (χ1v) is 20.2. The number of nitrogens with two attached hydrogens (primary N) is 2. The first-order valence-electron chi connectivity index (χ1n) is 20.2. The number of ether oxygens (including phenoxy) is 1. The average Bonchev–Trinajstić information content (AvgIpc) is 3.24. The highest BCUT2D eigenvalue weighted by Crippen LogP contribution is 2.39. The molecular formula is C45H54N10O7. The summed E-state index contributed by atoms with van der Waals surface area (Å²) in [5.41, 5.74) is 15.5. The molecule has 0 radical (unpaired) electrons. The Kier molecular flexibility index (Phi) is 15.0. The molecule has 0 unspecified atom stereocenters. The molecule has 1 aromatic heterocycles. The number of fused-ring (bicyclic) bond motifs is 5. The summed E-state index contributed by atoms with van der Waals surface area (Å²) >= 11 is 0. The maximum absolute atomic E-state index is 14.5. The van der Waals surface area contributed by atoms with E-state index in [0.29, 0.717) is 28.4 Å². The number of benzene rings is 3. The minimum Gasteiger partial charge on any atom is -0.507 e. The van der Waals surface area contributed by atoms with Gasteiger partial charge in [-0.3, -0.25) is 24.0 Å². The number of phenols is 1. The maximum Gasteiger partial charge on any atom is 0.255 e. The summed E-state index contributed by atoms with van der Waals surface area (Å²) in [6.45, 7) is 9.42. The topological polar surface area (TPSA) is 268 Å². The zero-order chi connectivity index (χ0) is 45.3. The average molecular weight is 847 g/mol. The number of aromatic hydroxyl groups is 1. The SMILES string of the molecule is Cc1nc(-c2ccc(C(C)(C)C)cc2)ncc1C(=O)N[C@@H](CCN)C(=O)N(C)[C@@H]1C(=O)N[C@@H](C)C(=O)N[C@H](C(=O)NCC#N)Cc2ccc(OCCN)c(c2)-c2cc1ccc2O. The lowest BCUT2D eigenvalue weighted by Gasteiger charge is -2.32. The molecule has 4 bridgehead atoms. The Morgan fingerprint density at radius 3 is 2.39 bits per heavy atom. The van der Waals surface area contributed by atoms with Crippen LogP contribution in [0, 0.1) is 18.3 Å². The largest absolute Gasteiger partial charge is 0.507 e. The third kappa shape index (κ3) is 10.9. The van der Waals surface area contributed by atoms with Gasteiger partial charge in [-0.25, -0.2) is 9.97 Å². The molecule has 62 heavy (non-hydrogen) atoms. The molecule has 0 fully saturated rings. The van der Waals surface area contributed by atoms with E-state index in [4.69, 9.17) is 21.5 Å². The van der Waals surface area contributed by atoms with E-state index in [1.807, 2.05) is 30.3 Å². The van der Waals surface area contributed by atoms with Gasteiger partial charge in [0.25, 0.3) is 5.91 Å². The van der Waals surface area contributed by atoms with Crippen LogP contribution < -0.4 is 37.5 Å². The molecule has 3 aromatic carbocycles.